The van der Waals surface area contributed by atoms with Crippen LogP contribution in [0.4, 0.5) is 11.4 Å². The molecule has 1 N–H and O–H groups in total. The van der Waals surface area contributed by atoms with Crippen molar-refractivity contribution in [3.05, 3.63) is 60.2 Å². The van der Waals surface area contributed by atoms with E-state index in [2.05, 4.69) is 22.3 Å². The highest BCUT2D eigenvalue weighted by Crippen LogP contribution is 2.48. The first-order valence-electron chi connectivity index (χ1n) is 9.56. The summed E-state index contributed by atoms with van der Waals surface area (Å²) in [6.45, 7) is 4.92. The summed E-state index contributed by atoms with van der Waals surface area (Å²) in [5.74, 6) is -0.179. The fraction of sp³-hybridized carbons (Fsp3) is 0.364. The number of nitrogens with one attached hydrogen (secondary N) is 1. The molecule has 0 spiro atoms. The van der Waals surface area contributed by atoms with Crippen LogP contribution >= 0.6 is 0 Å². The summed E-state index contributed by atoms with van der Waals surface area (Å²) >= 11 is 0. The number of hydrogen-bond donors (Lipinski definition) is 1. The Bertz CT molecular complexity index is 820. The van der Waals surface area contributed by atoms with Crippen molar-refractivity contribution < 1.29 is 9.59 Å². The minimum atomic E-state index is -0.861. The third-order valence-corrected chi connectivity index (χ3v) is 5.59. The van der Waals surface area contributed by atoms with Gasteiger partial charge in [-0.2, -0.15) is 0 Å². The molecule has 0 aromatic heterocycles. The van der Waals surface area contributed by atoms with Crippen LogP contribution in [-0.2, 0) is 9.59 Å². The van der Waals surface area contributed by atoms with Crippen LogP contribution in [0.3, 0.4) is 0 Å². The number of hydrogen-bond acceptors (Lipinski definition) is 3. The Kier molecular flexibility index (Phi) is 4.60. The van der Waals surface area contributed by atoms with Crippen LogP contribution in [0.25, 0.3) is 0 Å². The Morgan fingerprint density at radius 2 is 1.52 bits per heavy atom. The lowest BCUT2D eigenvalue weighted by Gasteiger charge is -2.37. The maximum Gasteiger partial charge on any atom is 0.240 e. The average Bonchev–Trinajstić information content (AvgIpc) is 3.52. The number of aryl methyl sites for hydroxylation is 1. The molecule has 2 aliphatic rings. The van der Waals surface area contributed by atoms with Gasteiger partial charge in [-0.15, -0.1) is 0 Å². The van der Waals surface area contributed by atoms with Crippen LogP contribution in [0.1, 0.15) is 18.4 Å². The molecular weight excluding hydrogens is 338 g/mol. The molecule has 0 radical (unpaired) electrons. The lowest BCUT2D eigenvalue weighted by molar-refractivity contribution is -0.142. The first-order valence-corrected chi connectivity index (χ1v) is 9.56. The van der Waals surface area contributed by atoms with Crippen LogP contribution in [-0.4, -0.2) is 42.9 Å². The molecule has 1 saturated heterocycles. The van der Waals surface area contributed by atoms with Crippen LogP contribution in [0.5, 0.6) is 0 Å². The Balaban J connectivity index is 1.38. The molecule has 1 aliphatic heterocycles. The molecule has 2 amide bonds. The predicted molar refractivity (Wildman–Crippen MR) is 107 cm³/mol. The summed E-state index contributed by atoms with van der Waals surface area (Å²) in [5.41, 5.74) is 2.21. The molecule has 0 unspecified atom stereocenters. The van der Waals surface area contributed by atoms with Gasteiger partial charge in [0.15, 0.2) is 0 Å². The van der Waals surface area contributed by atoms with Crippen LogP contribution in [0.2, 0.25) is 0 Å². The van der Waals surface area contributed by atoms with E-state index >= 15 is 0 Å². The monoisotopic (exact) mass is 363 g/mol. The van der Waals surface area contributed by atoms with E-state index in [-0.39, 0.29) is 11.8 Å². The van der Waals surface area contributed by atoms with Crippen molar-refractivity contribution >= 4 is 23.2 Å². The molecular formula is C22H25N3O2. The van der Waals surface area contributed by atoms with Gasteiger partial charge in [-0.3, -0.25) is 9.59 Å². The predicted octanol–water partition coefficient (Wildman–Crippen LogP) is 3.06. The third kappa shape index (κ3) is 3.54. The quantitative estimate of drug-likeness (QED) is 0.850. The normalized spacial score (nSPS) is 18.1. The van der Waals surface area contributed by atoms with E-state index in [0.29, 0.717) is 25.9 Å². The lowest BCUT2D eigenvalue weighted by Crippen LogP contribution is -2.52. The zero-order valence-corrected chi connectivity index (χ0v) is 15.6. The lowest BCUT2D eigenvalue weighted by atomic mass is 10.0. The van der Waals surface area contributed by atoms with Crippen LogP contribution in [0, 0.1) is 12.3 Å². The maximum absolute atomic E-state index is 13.1. The maximum atomic E-state index is 13.1. The SMILES string of the molecule is Cc1ccc(NC(=O)C2(C(=O)N3CCN(c4ccccc4)CC3)CC2)cc1. The van der Waals surface area contributed by atoms with Crippen molar-refractivity contribution in [2.45, 2.75) is 19.8 Å². The molecule has 140 valence electrons. The van der Waals surface area contributed by atoms with E-state index in [1.54, 1.807) is 0 Å². The second-order valence-electron chi connectivity index (χ2n) is 7.52. The Morgan fingerprint density at radius 1 is 0.889 bits per heavy atom. The van der Waals surface area contributed by atoms with Crippen molar-refractivity contribution in [1.82, 2.24) is 4.90 Å². The average molecular weight is 363 g/mol. The van der Waals surface area contributed by atoms with E-state index in [9.17, 15) is 9.59 Å². The molecule has 5 heteroatoms. The smallest absolute Gasteiger partial charge is 0.240 e. The molecule has 1 heterocycles. The van der Waals surface area contributed by atoms with Gasteiger partial charge in [-0.1, -0.05) is 35.9 Å². The zero-order chi connectivity index (χ0) is 18.9. The summed E-state index contributed by atoms with van der Waals surface area (Å²) < 4.78 is 0. The van der Waals surface area contributed by atoms with Gasteiger partial charge in [0.05, 0.1) is 0 Å². The first kappa shape index (κ1) is 17.6. The number of amides is 2. The zero-order valence-electron chi connectivity index (χ0n) is 15.6. The summed E-state index contributed by atoms with van der Waals surface area (Å²) in [6, 6.07) is 17.9. The second kappa shape index (κ2) is 7.06. The number of carbonyl (C=O) groups is 2. The number of piperazine rings is 1. The van der Waals surface area contributed by atoms with E-state index in [4.69, 9.17) is 0 Å². The summed E-state index contributed by atoms with van der Waals surface area (Å²) in [4.78, 5) is 30.0. The highest BCUT2D eigenvalue weighted by Gasteiger charge is 2.58. The fourth-order valence-corrected chi connectivity index (χ4v) is 3.66. The minimum absolute atomic E-state index is 0.0141. The fourth-order valence-electron chi connectivity index (χ4n) is 3.66. The van der Waals surface area contributed by atoms with Gasteiger partial charge in [0.25, 0.3) is 0 Å². The molecule has 1 saturated carbocycles. The van der Waals surface area contributed by atoms with Crippen molar-refractivity contribution in [1.29, 1.82) is 0 Å². The van der Waals surface area contributed by atoms with Gasteiger partial charge in [-0.25, -0.2) is 0 Å². The summed E-state index contributed by atoms with van der Waals surface area (Å²) in [5, 5.41) is 2.93. The number of rotatable bonds is 4. The molecule has 2 aromatic carbocycles. The molecule has 2 fully saturated rings. The van der Waals surface area contributed by atoms with Gasteiger partial charge < -0.3 is 15.1 Å². The van der Waals surface area contributed by atoms with E-state index in [0.717, 1.165) is 24.3 Å². The van der Waals surface area contributed by atoms with Crippen molar-refractivity contribution in [2.75, 3.05) is 36.4 Å². The largest absolute Gasteiger partial charge is 0.368 e. The minimum Gasteiger partial charge on any atom is -0.368 e. The molecule has 0 atom stereocenters. The Hall–Kier alpha value is -2.82. The highest BCUT2D eigenvalue weighted by molar-refractivity contribution is 6.13. The number of para-hydroxylation sites is 1. The van der Waals surface area contributed by atoms with Crippen LogP contribution < -0.4 is 10.2 Å². The first-order chi connectivity index (χ1) is 13.1. The van der Waals surface area contributed by atoms with Gasteiger partial charge in [0.1, 0.15) is 5.41 Å². The van der Waals surface area contributed by atoms with Crippen LogP contribution in [0.15, 0.2) is 54.6 Å². The highest BCUT2D eigenvalue weighted by atomic mass is 16.2. The van der Waals surface area contributed by atoms with Crippen molar-refractivity contribution in [2.24, 2.45) is 5.41 Å². The van der Waals surface area contributed by atoms with Gasteiger partial charge in [0.2, 0.25) is 11.8 Å². The summed E-state index contributed by atoms with van der Waals surface area (Å²) in [6.07, 6.45) is 1.28. The summed E-state index contributed by atoms with van der Waals surface area (Å²) in [7, 11) is 0. The van der Waals surface area contributed by atoms with Gasteiger partial charge in [-0.05, 0) is 44.0 Å². The molecule has 5 nitrogen and oxygen atoms in total. The molecule has 27 heavy (non-hydrogen) atoms. The Morgan fingerprint density at radius 3 is 2.11 bits per heavy atom. The van der Waals surface area contributed by atoms with Gasteiger partial charge in [0, 0.05) is 37.6 Å². The number of nitrogens with zero attached hydrogens (tertiary/aromatic N) is 2. The second-order valence-corrected chi connectivity index (χ2v) is 7.52. The van der Waals surface area contributed by atoms with E-state index in [1.165, 1.54) is 5.69 Å². The molecule has 1 aliphatic carbocycles. The topological polar surface area (TPSA) is 52.7 Å². The third-order valence-electron chi connectivity index (χ3n) is 5.59. The number of benzene rings is 2. The van der Waals surface area contributed by atoms with Gasteiger partial charge >= 0.3 is 0 Å². The Labute approximate surface area is 160 Å². The standard InChI is InChI=1S/C22H25N3O2/c1-17-7-9-18(10-8-17)23-20(26)22(11-12-22)21(27)25-15-13-24(14-16-25)19-5-3-2-4-6-19/h2-10H,11-16H2,1H3,(H,23,26). The molecule has 0 bridgehead atoms. The van der Waals surface area contributed by atoms with Crippen molar-refractivity contribution in [3.63, 3.8) is 0 Å². The number of carbonyl (C=O) groups excluding carboxylic acids is 2. The van der Waals surface area contributed by atoms with E-state index < -0.39 is 5.41 Å². The molecule has 2 aromatic rings. The van der Waals surface area contributed by atoms with Crippen molar-refractivity contribution in [3.8, 4) is 0 Å². The van der Waals surface area contributed by atoms with E-state index in [1.807, 2.05) is 54.3 Å². The number of anilines is 2. The molecule has 4 rings (SSSR count).